The van der Waals surface area contributed by atoms with Gasteiger partial charge in [0.2, 0.25) is 0 Å². The monoisotopic (exact) mass is 332 g/mol. The van der Waals surface area contributed by atoms with Gasteiger partial charge in [-0.1, -0.05) is 12.1 Å². The summed E-state index contributed by atoms with van der Waals surface area (Å²) in [5.41, 5.74) is 4.10. The normalized spacial score (nSPS) is 10.6. The number of nitrogens with zero attached hydrogens (tertiary/aromatic N) is 2. The molecule has 0 aliphatic carbocycles. The molecule has 0 spiro atoms. The van der Waals surface area contributed by atoms with Crippen molar-refractivity contribution in [3.8, 4) is 32.9 Å². The van der Waals surface area contributed by atoms with Crippen LogP contribution in [0.5, 0.6) is 0 Å². The maximum absolute atomic E-state index is 9.02. The van der Waals surface area contributed by atoms with Crippen LogP contribution in [0.3, 0.4) is 0 Å². The van der Waals surface area contributed by atoms with Gasteiger partial charge in [0.15, 0.2) is 0 Å². The summed E-state index contributed by atoms with van der Waals surface area (Å²) in [5.74, 6) is 0. The van der Waals surface area contributed by atoms with E-state index in [0.29, 0.717) is 5.56 Å². The summed E-state index contributed by atoms with van der Waals surface area (Å²) in [6.07, 6.45) is 0. The molecule has 3 aromatic heterocycles. The number of hydrogen-bond acceptors (Lipinski definition) is 3. The minimum absolute atomic E-state index is 0.677. The van der Waals surface area contributed by atoms with E-state index >= 15 is 0 Å². The summed E-state index contributed by atoms with van der Waals surface area (Å²) in [4.78, 5) is 2.47. The summed E-state index contributed by atoms with van der Waals surface area (Å²) < 4.78 is 2.26. The Hall–Kier alpha value is -2.61. The Labute approximate surface area is 142 Å². The fraction of sp³-hybridized carbons (Fsp3) is 0. The smallest absolute Gasteiger partial charge is 0.0991 e. The first-order chi connectivity index (χ1) is 11.4. The van der Waals surface area contributed by atoms with Crippen LogP contribution in [-0.2, 0) is 0 Å². The van der Waals surface area contributed by atoms with Crippen molar-refractivity contribution in [1.82, 2.24) is 4.57 Å². The standard InChI is InChI=1S/C19H12N2S2/c20-13-14-5-7-15(8-6-14)21-16(18-3-1-11-22-18)9-10-17(21)19-4-2-12-23-19/h1-12H. The largest absolute Gasteiger partial charge is 0.308 e. The van der Waals surface area contributed by atoms with Crippen LogP contribution in [0.4, 0.5) is 0 Å². The lowest BCUT2D eigenvalue weighted by Crippen LogP contribution is -1.98. The van der Waals surface area contributed by atoms with Crippen LogP contribution in [0.2, 0.25) is 0 Å². The van der Waals surface area contributed by atoms with E-state index in [9.17, 15) is 0 Å². The van der Waals surface area contributed by atoms with Crippen LogP contribution >= 0.6 is 22.7 Å². The van der Waals surface area contributed by atoms with Gasteiger partial charge in [0, 0.05) is 5.69 Å². The molecule has 0 saturated heterocycles. The average Bonchev–Trinajstić information content (AvgIpc) is 3.33. The fourth-order valence-corrected chi connectivity index (χ4v) is 4.12. The molecule has 23 heavy (non-hydrogen) atoms. The molecule has 2 nitrogen and oxygen atoms in total. The first-order valence-corrected chi connectivity index (χ1v) is 8.93. The zero-order valence-corrected chi connectivity index (χ0v) is 13.8. The third-order valence-corrected chi connectivity index (χ3v) is 5.47. The average molecular weight is 332 g/mol. The zero-order chi connectivity index (χ0) is 15.6. The van der Waals surface area contributed by atoms with Crippen molar-refractivity contribution >= 4 is 22.7 Å². The van der Waals surface area contributed by atoms with E-state index in [1.54, 1.807) is 22.7 Å². The molecule has 0 atom stereocenters. The van der Waals surface area contributed by atoms with E-state index in [-0.39, 0.29) is 0 Å². The molecule has 1 aromatic carbocycles. The van der Waals surface area contributed by atoms with Crippen LogP contribution in [0.15, 0.2) is 71.4 Å². The number of hydrogen-bond donors (Lipinski definition) is 0. The highest BCUT2D eigenvalue weighted by molar-refractivity contribution is 7.14. The Bertz CT molecular complexity index is 902. The van der Waals surface area contributed by atoms with Crippen LogP contribution in [-0.4, -0.2) is 4.57 Å². The molecule has 3 heterocycles. The second-order valence-corrected chi connectivity index (χ2v) is 6.95. The Morgan fingerprint density at radius 1 is 0.739 bits per heavy atom. The number of rotatable bonds is 3. The molecule has 0 unspecified atom stereocenters. The molecule has 4 aromatic rings. The van der Waals surface area contributed by atoms with E-state index in [1.165, 1.54) is 21.1 Å². The molecule has 0 saturated carbocycles. The highest BCUT2D eigenvalue weighted by Crippen LogP contribution is 2.36. The minimum Gasteiger partial charge on any atom is -0.308 e. The molecule has 110 valence electrons. The molecule has 0 fully saturated rings. The van der Waals surface area contributed by atoms with Crippen LogP contribution < -0.4 is 0 Å². The third-order valence-electron chi connectivity index (χ3n) is 3.68. The molecule has 0 radical (unpaired) electrons. The Morgan fingerprint density at radius 2 is 1.30 bits per heavy atom. The second-order valence-electron chi connectivity index (χ2n) is 5.05. The number of aromatic nitrogens is 1. The number of thiophene rings is 2. The molecular weight excluding hydrogens is 320 g/mol. The van der Waals surface area contributed by atoms with Gasteiger partial charge in [-0.3, -0.25) is 0 Å². The lowest BCUT2D eigenvalue weighted by molar-refractivity contribution is 1.10. The predicted octanol–water partition coefficient (Wildman–Crippen LogP) is 5.81. The van der Waals surface area contributed by atoms with Gasteiger partial charge in [-0.25, -0.2) is 0 Å². The van der Waals surface area contributed by atoms with E-state index < -0.39 is 0 Å². The van der Waals surface area contributed by atoms with Gasteiger partial charge in [-0.15, -0.1) is 22.7 Å². The summed E-state index contributed by atoms with van der Waals surface area (Å²) in [6.45, 7) is 0. The molecule has 0 bridgehead atoms. The molecule has 0 N–H and O–H groups in total. The Balaban J connectivity index is 1.94. The predicted molar refractivity (Wildman–Crippen MR) is 97.1 cm³/mol. The molecule has 0 aliphatic heterocycles. The quantitative estimate of drug-likeness (QED) is 0.465. The van der Waals surface area contributed by atoms with Crippen LogP contribution in [0, 0.1) is 11.3 Å². The van der Waals surface area contributed by atoms with Crippen molar-refractivity contribution in [2.24, 2.45) is 0 Å². The SMILES string of the molecule is N#Cc1ccc(-n2c(-c3cccs3)ccc2-c2cccs2)cc1. The first kappa shape index (κ1) is 14.0. The van der Waals surface area contributed by atoms with Gasteiger partial charge >= 0.3 is 0 Å². The molecule has 4 rings (SSSR count). The van der Waals surface area contributed by atoms with E-state index in [1.807, 2.05) is 24.3 Å². The van der Waals surface area contributed by atoms with Gasteiger partial charge in [-0.2, -0.15) is 5.26 Å². The van der Waals surface area contributed by atoms with Crippen molar-refractivity contribution in [3.05, 3.63) is 77.0 Å². The maximum Gasteiger partial charge on any atom is 0.0991 e. The molecular formula is C19H12N2S2. The van der Waals surface area contributed by atoms with E-state index in [2.05, 4.69) is 57.8 Å². The van der Waals surface area contributed by atoms with Crippen molar-refractivity contribution in [2.45, 2.75) is 0 Å². The lowest BCUT2D eigenvalue weighted by Gasteiger charge is -2.12. The highest BCUT2D eigenvalue weighted by Gasteiger charge is 2.14. The topological polar surface area (TPSA) is 28.7 Å². The third kappa shape index (κ3) is 2.50. The Kier molecular flexibility index (Phi) is 3.58. The number of nitriles is 1. The van der Waals surface area contributed by atoms with Crippen LogP contribution in [0.25, 0.3) is 26.8 Å². The van der Waals surface area contributed by atoms with Gasteiger partial charge in [0.05, 0.1) is 32.8 Å². The van der Waals surface area contributed by atoms with Crippen molar-refractivity contribution in [1.29, 1.82) is 5.26 Å². The number of benzene rings is 1. The first-order valence-electron chi connectivity index (χ1n) is 7.17. The molecule has 0 aliphatic rings. The van der Waals surface area contributed by atoms with Crippen molar-refractivity contribution < 1.29 is 0 Å². The molecule has 4 heteroatoms. The van der Waals surface area contributed by atoms with Crippen molar-refractivity contribution in [2.75, 3.05) is 0 Å². The van der Waals surface area contributed by atoms with Gasteiger partial charge in [0.1, 0.15) is 0 Å². The minimum atomic E-state index is 0.677. The summed E-state index contributed by atoms with van der Waals surface area (Å²) in [7, 11) is 0. The van der Waals surface area contributed by atoms with Gasteiger partial charge < -0.3 is 4.57 Å². The lowest BCUT2D eigenvalue weighted by atomic mass is 10.2. The van der Waals surface area contributed by atoms with E-state index in [4.69, 9.17) is 5.26 Å². The van der Waals surface area contributed by atoms with Crippen molar-refractivity contribution in [3.63, 3.8) is 0 Å². The van der Waals surface area contributed by atoms with Gasteiger partial charge in [-0.05, 0) is 59.3 Å². The van der Waals surface area contributed by atoms with Crippen LogP contribution in [0.1, 0.15) is 5.56 Å². The summed E-state index contributed by atoms with van der Waals surface area (Å²) >= 11 is 3.47. The van der Waals surface area contributed by atoms with Gasteiger partial charge in [0.25, 0.3) is 0 Å². The fourth-order valence-electron chi connectivity index (χ4n) is 2.63. The van der Waals surface area contributed by atoms with E-state index in [0.717, 1.165) is 5.69 Å². The highest BCUT2D eigenvalue weighted by atomic mass is 32.1. The molecule has 0 amide bonds. The maximum atomic E-state index is 9.02. The summed E-state index contributed by atoms with van der Waals surface area (Å²) in [6, 6.07) is 22.7. The zero-order valence-electron chi connectivity index (χ0n) is 12.1. The summed E-state index contributed by atoms with van der Waals surface area (Å²) in [5, 5.41) is 13.2. The Morgan fingerprint density at radius 3 is 1.74 bits per heavy atom. The second kappa shape index (κ2) is 5.88.